The molecule has 0 saturated carbocycles. The van der Waals surface area contributed by atoms with Crippen LogP contribution in [0.15, 0.2) is 78.9 Å². The van der Waals surface area contributed by atoms with Crippen LogP contribution in [0.25, 0.3) is 11.0 Å². The number of carbonyl (C=O) groups is 1. The first kappa shape index (κ1) is 18.6. The number of methoxy groups -OCH3 is 1. The Morgan fingerprint density at radius 1 is 0.966 bits per heavy atom. The lowest BCUT2D eigenvalue weighted by molar-refractivity contribution is 0.249. The van der Waals surface area contributed by atoms with E-state index in [9.17, 15) is 4.79 Å². The zero-order chi connectivity index (χ0) is 20.2. The van der Waals surface area contributed by atoms with Crippen LogP contribution in [0.4, 0.5) is 10.5 Å². The fraction of sp³-hybridized carbons (Fsp3) is 0.130. The molecule has 0 aliphatic rings. The average molecular weight is 386 g/mol. The summed E-state index contributed by atoms with van der Waals surface area (Å²) < 4.78 is 7.33. The maximum absolute atomic E-state index is 12.8. The second-order valence-electron chi connectivity index (χ2n) is 6.66. The van der Waals surface area contributed by atoms with Crippen LogP contribution in [0.5, 0.6) is 5.75 Å². The summed E-state index contributed by atoms with van der Waals surface area (Å²) in [7, 11) is 3.53. The third-order valence-corrected chi connectivity index (χ3v) is 4.84. The Labute approximate surface area is 169 Å². The van der Waals surface area contributed by atoms with E-state index >= 15 is 0 Å². The molecule has 1 atom stereocenters. The van der Waals surface area contributed by atoms with Crippen molar-refractivity contribution in [3.05, 3.63) is 90.3 Å². The Morgan fingerprint density at radius 2 is 1.66 bits per heavy atom. The van der Waals surface area contributed by atoms with Crippen LogP contribution in [0.3, 0.4) is 0 Å². The molecule has 3 aromatic carbocycles. The third kappa shape index (κ3) is 3.78. The second-order valence-corrected chi connectivity index (χ2v) is 6.66. The number of aryl methyl sites for hydroxylation is 1. The molecule has 0 bridgehead atoms. The number of hydrogen-bond acceptors (Lipinski definition) is 3. The number of fused-ring (bicyclic) bond motifs is 1. The molecular weight excluding hydrogens is 364 g/mol. The molecule has 0 aliphatic carbocycles. The Balaban J connectivity index is 1.68. The molecule has 29 heavy (non-hydrogen) atoms. The monoisotopic (exact) mass is 386 g/mol. The fourth-order valence-corrected chi connectivity index (χ4v) is 3.40. The smallest absolute Gasteiger partial charge is 0.320 e. The molecule has 0 spiro atoms. The first-order chi connectivity index (χ1) is 14.2. The van der Waals surface area contributed by atoms with Crippen molar-refractivity contribution in [2.45, 2.75) is 6.04 Å². The van der Waals surface area contributed by atoms with E-state index in [1.807, 2.05) is 78.3 Å². The van der Waals surface area contributed by atoms with Crippen molar-refractivity contribution in [2.75, 3.05) is 12.4 Å². The number of nitrogens with zero attached hydrogens (tertiary/aromatic N) is 2. The number of hydrogen-bond donors (Lipinski definition) is 2. The quantitative estimate of drug-likeness (QED) is 0.531. The minimum Gasteiger partial charge on any atom is -0.495 e. The van der Waals surface area contributed by atoms with E-state index in [2.05, 4.69) is 10.6 Å². The van der Waals surface area contributed by atoms with E-state index in [1.54, 1.807) is 19.2 Å². The zero-order valence-corrected chi connectivity index (χ0v) is 16.3. The van der Waals surface area contributed by atoms with E-state index in [-0.39, 0.29) is 6.03 Å². The number of anilines is 1. The summed E-state index contributed by atoms with van der Waals surface area (Å²) in [6, 6.07) is 24.3. The Hall–Kier alpha value is -3.80. The van der Waals surface area contributed by atoms with E-state index in [1.165, 1.54) is 0 Å². The lowest BCUT2D eigenvalue weighted by Crippen LogP contribution is -2.34. The van der Waals surface area contributed by atoms with Gasteiger partial charge in [0.05, 0.1) is 23.8 Å². The van der Waals surface area contributed by atoms with Crippen molar-refractivity contribution >= 4 is 22.8 Å². The van der Waals surface area contributed by atoms with Crippen molar-refractivity contribution in [1.29, 1.82) is 0 Å². The molecule has 4 rings (SSSR count). The molecule has 146 valence electrons. The molecule has 1 unspecified atom stereocenters. The number of nitrogens with one attached hydrogen (secondary N) is 2. The number of aromatic nitrogens is 2. The van der Waals surface area contributed by atoms with Gasteiger partial charge in [-0.1, -0.05) is 54.6 Å². The summed E-state index contributed by atoms with van der Waals surface area (Å²) in [5.74, 6) is 1.36. The summed E-state index contributed by atoms with van der Waals surface area (Å²) in [5, 5.41) is 5.93. The van der Waals surface area contributed by atoms with E-state index in [0.29, 0.717) is 11.4 Å². The maximum atomic E-state index is 12.8. The normalized spacial score (nSPS) is 11.8. The fourth-order valence-electron chi connectivity index (χ4n) is 3.40. The number of ether oxygens (including phenoxy) is 1. The van der Waals surface area contributed by atoms with E-state index in [0.717, 1.165) is 22.4 Å². The molecule has 0 saturated heterocycles. The van der Waals surface area contributed by atoms with Gasteiger partial charge >= 0.3 is 6.03 Å². The third-order valence-electron chi connectivity index (χ3n) is 4.84. The van der Waals surface area contributed by atoms with Gasteiger partial charge in [0.15, 0.2) is 0 Å². The number of amides is 2. The van der Waals surface area contributed by atoms with Gasteiger partial charge in [-0.05, 0) is 29.8 Å². The number of carbonyl (C=O) groups excluding carboxylic acids is 1. The minimum absolute atomic E-state index is 0.338. The molecule has 2 N–H and O–H groups in total. The van der Waals surface area contributed by atoms with Crippen LogP contribution in [-0.4, -0.2) is 22.7 Å². The zero-order valence-electron chi connectivity index (χ0n) is 16.3. The van der Waals surface area contributed by atoms with Crippen LogP contribution in [0, 0.1) is 0 Å². The molecule has 1 heterocycles. The highest BCUT2D eigenvalue weighted by Gasteiger charge is 2.23. The molecule has 6 nitrogen and oxygen atoms in total. The van der Waals surface area contributed by atoms with Crippen molar-refractivity contribution in [2.24, 2.45) is 7.05 Å². The van der Waals surface area contributed by atoms with Crippen molar-refractivity contribution in [1.82, 2.24) is 14.9 Å². The van der Waals surface area contributed by atoms with Gasteiger partial charge in [-0.2, -0.15) is 0 Å². The highest BCUT2D eigenvalue weighted by atomic mass is 16.5. The standard InChI is InChI=1S/C23H22N4O2/c1-27-19-14-8-6-12-17(19)24-22(27)21(16-10-4-3-5-11-16)26-23(28)25-18-13-7-9-15-20(18)29-2/h3-15,21H,1-2H3,(H2,25,26,28). The molecule has 1 aromatic heterocycles. The Morgan fingerprint density at radius 3 is 2.41 bits per heavy atom. The predicted molar refractivity (Wildman–Crippen MR) is 114 cm³/mol. The summed E-state index contributed by atoms with van der Waals surface area (Å²) in [4.78, 5) is 17.6. The number of urea groups is 1. The van der Waals surface area contributed by atoms with Gasteiger partial charge in [-0.15, -0.1) is 0 Å². The molecule has 0 fully saturated rings. The van der Waals surface area contributed by atoms with Crippen LogP contribution >= 0.6 is 0 Å². The lowest BCUT2D eigenvalue weighted by Gasteiger charge is -2.20. The first-order valence-corrected chi connectivity index (χ1v) is 9.34. The topological polar surface area (TPSA) is 68.2 Å². The average Bonchev–Trinajstić information content (AvgIpc) is 3.09. The molecule has 4 aromatic rings. The Bertz CT molecular complexity index is 1140. The Kier molecular flexibility index (Phi) is 5.16. The van der Waals surface area contributed by atoms with Gasteiger partial charge in [0.25, 0.3) is 0 Å². The molecular formula is C23H22N4O2. The number of benzene rings is 3. The number of rotatable bonds is 5. The van der Waals surface area contributed by atoms with Crippen molar-refractivity contribution < 1.29 is 9.53 Å². The van der Waals surface area contributed by atoms with E-state index in [4.69, 9.17) is 9.72 Å². The largest absolute Gasteiger partial charge is 0.495 e. The second kappa shape index (κ2) is 8.06. The summed E-state index contributed by atoms with van der Waals surface area (Å²) >= 11 is 0. The van der Waals surface area contributed by atoms with E-state index < -0.39 is 6.04 Å². The number of para-hydroxylation sites is 4. The summed E-state index contributed by atoms with van der Waals surface area (Å²) in [6.45, 7) is 0. The van der Waals surface area contributed by atoms with Gasteiger partial charge in [0, 0.05) is 7.05 Å². The summed E-state index contributed by atoms with van der Waals surface area (Å²) in [6.07, 6.45) is 0. The van der Waals surface area contributed by atoms with Crippen molar-refractivity contribution in [3.8, 4) is 5.75 Å². The number of imidazole rings is 1. The van der Waals surface area contributed by atoms with Gasteiger partial charge in [-0.25, -0.2) is 9.78 Å². The maximum Gasteiger partial charge on any atom is 0.320 e. The van der Waals surface area contributed by atoms with Gasteiger partial charge in [-0.3, -0.25) is 0 Å². The minimum atomic E-state index is -0.414. The van der Waals surface area contributed by atoms with Crippen LogP contribution in [0.1, 0.15) is 17.4 Å². The van der Waals surface area contributed by atoms with Crippen LogP contribution in [0.2, 0.25) is 0 Å². The lowest BCUT2D eigenvalue weighted by atomic mass is 10.1. The highest BCUT2D eigenvalue weighted by Crippen LogP contribution is 2.26. The highest BCUT2D eigenvalue weighted by molar-refractivity contribution is 5.91. The van der Waals surface area contributed by atoms with Gasteiger partial charge < -0.3 is 19.9 Å². The van der Waals surface area contributed by atoms with Gasteiger partial charge in [0.2, 0.25) is 0 Å². The SMILES string of the molecule is COc1ccccc1NC(=O)NC(c1ccccc1)c1nc2ccccc2n1C. The molecule has 0 radical (unpaired) electrons. The molecule has 0 aliphatic heterocycles. The van der Waals surface area contributed by atoms with Crippen molar-refractivity contribution in [3.63, 3.8) is 0 Å². The van der Waals surface area contributed by atoms with Gasteiger partial charge in [0.1, 0.15) is 17.6 Å². The van der Waals surface area contributed by atoms with Crippen LogP contribution < -0.4 is 15.4 Å². The first-order valence-electron chi connectivity index (χ1n) is 9.34. The molecule has 2 amide bonds. The predicted octanol–water partition coefficient (Wildman–Crippen LogP) is 4.49. The molecule has 6 heteroatoms. The summed E-state index contributed by atoms with van der Waals surface area (Å²) in [5.41, 5.74) is 3.44. The van der Waals surface area contributed by atoms with Crippen LogP contribution in [-0.2, 0) is 7.05 Å².